The summed E-state index contributed by atoms with van der Waals surface area (Å²) in [5.74, 6) is -0.731. The number of aryl methyl sites for hydroxylation is 1. The molecule has 0 saturated heterocycles. The molecule has 1 aliphatic carbocycles. The lowest BCUT2D eigenvalue weighted by Crippen LogP contribution is -2.48. The lowest BCUT2D eigenvalue weighted by Gasteiger charge is -2.39. The predicted octanol–water partition coefficient (Wildman–Crippen LogP) is 3.44. The van der Waals surface area contributed by atoms with E-state index in [4.69, 9.17) is 5.73 Å². The average Bonchev–Trinajstić information content (AvgIpc) is 2.76. The van der Waals surface area contributed by atoms with E-state index in [9.17, 15) is 14.9 Å². The van der Waals surface area contributed by atoms with Crippen LogP contribution in [0.2, 0.25) is 0 Å². The van der Waals surface area contributed by atoms with Crippen molar-refractivity contribution in [2.24, 2.45) is 5.73 Å². The average molecular weight is 398 g/mol. The van der Waals surface area contributed by atoms with Crippen LogP contribution < -0.4 is 11.2 Å². The van der Waals surface area contributed by atoms with E-state index in [0.717, 1.165) is 11.1 Å². The second kappa shape index (κ2) is 7.88. The van der Waals surface area contributed by atoms with E-state index in [2.05, 4.69) is 11.5 Å². The fourth-order valence-corrected chi connectivity index (χ4v) is 4.06. The molecule has 2 aliphatic rings. The highest BCUT2D eigenvalue weighted by Gasteiger charge is 2.40. The third-order valence-electron chi connectivity index (χ3n) is 5.57. The van der Waals surface area contributed by atoms with Gasteiger partial charge in [-0.2, -0.15) is 5.26 Å². The molecule has 1 aliphatic heterocycles. The molecule has 1 atom stereocenters. The van der Waals surface area contributed by atoms with Gasteiger partial charge in [-0.1, -0.05) is 48.0 Å². The molecule has 150 valence electrons. The number of nitrogens with one attached hydrogen (secondary N) is 1. The normalized spacial score (nSPS) is 18.7. The molecule has 30 heavy (non-hydrogen) atoms. The van der Waals surface area contributed by atoms with E-state index in [1.54, 1.807) is 12.1 Å². The number of benzene rings is 2. The lowest BCUT2D eigenvalue weighted by molar-refractivity contribution is -0.116. The van der Waals surface area contributed by atoms with Crippen LogP contribution in [0.15, 0.2) is 77.3 Å². The summed E-state index contributed by atoms with van der Waals surface area (Å²) >= 11 is 0. The van der Waals surface area contributed by atoms with Crippen LogP contribution in [0, 0.1) is 18.3 Å². The van der Waals surface area contributed by atoms with Gasteiger partial charge in [-0.05, 0) is 37.5 Å². The summed E-state index contributed by atoms with van der Waals surface area (Å²) in [5.41, 5.74) is 13.0. The molecule has 4 rings (SSSR count). The fraction of sp³-hybridized carbons (Fsp3) is 0.208. The Bertz CT molecular complexity index is 1110. The summed E-state index contributed by atoms with van der Waals surface area (Å²) in [6.07, 6.45) is 1.68. The zero-order chi connectivity index (χ0) is 21.3. The molecule has 6 nitrogen and oxygen atoms in total. The molecule has 1 heterocycles. The highest BCUT2D eigenvalue weighted by atomic mass is 16.2. The first-order valence-corrected chi connectivity index (χ1v) is 9.90. The maximum atomic E-state index is 12.9. The molecule has 0 bridgehead atoms. The van der Waals surface area contributed by atoms with Crippen molar-refractivity contribution in [3.63, 3.8) is 0 Å². The van der Waals surface area contributed by atoms with Crippen molar-refractivity contribution in [2.45, 2.75) is 32.1 Å². The first-order valence-electron chi connectivity index (χ1n) is 9.90. The predicted molar refractivity (Wildman–Crippen MR) is 112 cm³/mol. The fourth-order valence-electron chi connectivity index (χ4n) is 4.06. The SMILES string of the molecule is Cc1ccc(C(=O)NN2C(N)=C(C#N)C(c3ccccc3)C3=C2CCCC3=O)cc1. The number of hydrazine groups is 1. The largest absolute Gasteiger partial charge is 0.383 e. The topological polar surface area (TPSA) is 99.2 Å². The van der Waals surface area contributed by atoms with Crippen LogP contribution in [0.1, 0.15) is 46.7 Å². The Hall–Kier alpha value is -3.85. The summed E-state index contributed by atoms with van der Waals surface area (Å²) < 4.78 is 0. The number of amides is 1. The second-order valence-electron chi connectivity index (χ2n) is 7.53. The Balaban J connectivity index is 1.79. The Morgan fingerprint density at radius 2 is 1.83 bits per heavy atom. The number of allylic oxidation sites excluding steroid dienone is 3. The maximum absolute atomic E-state index is 12.9. The van der Waals surface area contributed by atoms with Gasteiger partial charge in [0, 0.05) is 23.3 Å². The quantitative estimate of drug-likeness (QED) is 0.825. The van der Waals surface area contributed by atoms with Crippen LogP contribution in [0.25, 0.3) is 0 Å². The van der Waals surface area contributed by atoms with Crippen LogP contribution >= 0.6 is 0 Å². The van der Waals surface area contributed by atoms with Gasteiger partial charge in [0.15, 0.2) is 5.78 Å². The molecular formula is C24H22N4O2. The van der Waals surface area contributed by atoms with Crippen molar-refractivity contribution in [3.05, 3.63) is 94.0 Å². The standard InChI is InChI=1S/C24H22N4O2/c1-15-10-12-17(13-11-15)24(30)27-28-19-8-5-9-20(29)22(19)21(18(14-25)23(28)26)16-6-3-2-4-7-16/h2-4,6-7,10-13,21H,5,8-9,26H2,1H3,(H,27,30). The van der Waals surface area contributed by atoms with E-state index in [-0.39, 0.29) is 23.1 Å². The van der Waals surface area contributed by atoms with E-state index >= 15 is 0 Å². The number of rotatable bonds is 3. The number of hydrogen-bond acceptors (Lipinski definition) is 5. The molecule has 2 aromatic carbocycles. The number of Topliss-reactive ketones (excluding diaryl/α,β-unsaturated/α-hetero) is 1. The molecule has 0 fully saturated rings. The lowest BCUT2D eigenvalue weighted by atomic mass is 9.76. The van der Waals surface area contributed by atoms with E-state index < -0.39 is 5.92 Å². The molecule has 0 radical (unpaired) electrons. The molecule has 0 aromatic heterocycles. The van der Waals surface area contributed by atoms with Gasteiger partial charge in [-0.3, -0.25) is 15.0 Å². The van der Waals surface area contributed by atoms with Crippen LogP contribution in [0.5, 0.6) is 0 Å². The third kappa shape index (κ3) is 3.35. The van der Waals surface area contributed by atoms with Gasteiger partial charge < -0.3 is 5.73 Å². The Morgan fingerprint density at radius 1 is 1.13 bits per heavy atom. The van der Waals surface area contributed by atoms with Gasteiger partial charge in [-0.15, -0.1) is 0 Å². The molecule has 1 unspecified atom stereocenters. The first-order chi connectivity index (χ1) is 14.5. The third-order valence-corrected chi connectivity index (χ3v) is 5.57. The zero-order valence-corrected chi connectivity index (χ0v) is 16.7. The van der Waals surface area contributed by atoms with Crippen molar-refractivity contribution in [1.82, 2.24) is 10.4 Å². The monoisotopic (exact) mass is 398 g/mol. The van der Waals surface area contributed by atoms with Crippen LogP contribution in [-0.2, 0) is 4.79 Å². The van der Waals surface area contributed by atoms with Crippen molar-refractivity contribution < 1.29 is 9.59 Å². The summed E-state index contributed by atoms with van der Waals surface area (Å²) in [6.45, 7) is 1.95. The van der Waals surface area contributed by atoms with Gasteiger partial charge in [0.25, 0.3) is 5.91 Å². The zero-order valence-electron chi connectivity index (χ0n) is 16.7. The molecule has 6 heteroatoms. The van der Waals surface area contributed by atoms with Crippen LogP contribution in [-0.4, -0.2) is 16.7 Å². The van der Waals surface area contributed by atoms with E-state index in [0.29, 0.717) is 36.1 Å². The van der Waals surface area contributed by atoms with Crippen molar-refractivity contribution in [3.8, 4) is 6.07 Å². The minimum atomic E-state index is -0.522. The Morgan fingerprint density at radius 3 is 2.50 bits per heavy atom. The number of hydrogen-bond donors (Lipinski definition) is 2. The number of nitrogens with two attached hydrogens (primary N) is 1. The van der Waals surface area contributed by atoms with Crippen molar-refractivity contribution in [1.29, 1.82) is 5.26 Å². The summed E-state index contributed by atoms with van der Waals surface area (Å²) in [6, 6.07) is 18.8. The van der Waals surface area contributed by atoms with Gasteiger partial charge in [0.2, 0.25) is 0 Å². The van der Waals surface area contributed by atoms with Gasteiger partial charge in [0.05, 0.1) is 17.6 Å². The maximum Gasteiger partial charge on any atom is 0.270 e. The number of ketones is 1. The van der Waals surface area contributed by atoms with Gasteiger partial charge in [0.1, 0.15) is 5.82 Å². The van der Waals surface area contributed by atoms with Crippen LogP contribution in [0.3, 0.4) is 0 Å². The highest BCUT2D eigenvalue weighted by molar-refractivity contribution is 6.00. The molecule has 1 amide bonds. The van der Waals surface area contributed by atoms with Crippen molar-refractivity contribution >= 4 is 11.7 Å². The number of carbonyl (C=O) groups excluding carboxylic acids is 2. The minimum absolute atomic E-state index is 0.0139. The van der Waals surface area contributed by atoms with Crippen LogP contribution in [0.4, 0.5) is 0 Å². The Kier molecular flexibility index (Phi) is 5.11. The summed E-state index contributed by atoms with van der Waals surface area (Å²) in [7, 11) is 0. The molecular weight excluding hydrogens is 376 g/mol. The van der Waals surface area contributed by atoms with Crippen molar-refractivity contribution in [2.75, 3.05) is 0 Å². The summed E-state index contributed by atoms with van der Waals surface area (Å²) in [4.78, 5) is 25.8. The molecule has 0 spiro atoms. The number of carbonyl (C=O) groups is 2. The summed E-state index contributed by atoms with van der Waals surface area (Å²) in [5, 5.41) is 11.3. The van der Waals surface area contributed by atoms with Gasteiger partial charge in [-0.25, -0.2) is 5.01 Å². The Labute approximate surface area is 175 Å². The first kappa shape index (κ1) is 19.5. The van der Waals surface area contributed by atoms with E-state index in [1.807, 2.05) is 49.4 Å². The van der Waals surface area contributed by atoms with Gasteiger partial charge >= 0.3 is 0 Å². The van der Waals surface area contributed by atoms with E-state index in [1.165, 1.54) is 5.01 Å². The smallest absolute Gasteiger partial charge is 0.270 e. The highest BCUT2D eigenvalue weighted by Crippen LogP contribution is 2.43. The molecule has 0 saturated carbocycles. The molecule has 3 N–H and O–H groups in total. The minimum Gasteiger partial charge on any atom is -0.383 e. The molecule has 2 aromatic rings. The number of nitrogens with zero attached hydrogens (tertiary/aromatic N) is 2. The number of nitriles is 1. The second-order valence-corrected chi connectivity index (χ2v) is 7.53.